The number of alkyl halides is 1. The summed E-state index contributed by atoms with van der Waals surface area (Å²) in [4.78, 5) is 0. The van der Waals surface area contributed by atoms with Crippen molar-refractivity contribution in [3.8, 4) is 11.5 Å². The van der Waals surface area contributed by atoms with Gasteiger partial charge in [-0.1, -0.05) is 34.8 Å². The van der Waals surface area contributed by atoms with Gasteiger partial charge in [-0.05, 0) is 43.4 Å². The number of hydrogen-bond donors (Lipinski definition) is 0. The molecule has 3 rings (SSSR count). The fraction of sp³-hybridized carbons (Fsp3) is 0.647. The van der Waals surface area contributed by atoms with Crippen LogP contribution in [0.1, 0.15) is 44.1 Å². The first-order valence-corrected chi connectivity index (χ1v) is 8.90. The molecule has 1 aromatic carbocycles. The third kappa shape index (κ3) is 3.37. The summed E-state index contributed by atoms with van der Waals surface area (Å²) in [5.74, 6) is 1.60. The summed E-state index contributed by atoms with van der Waals surface area (Å²) >= 11 is 3.46. The van der Waals surface area contributed by atoms with E-state index < -0.39 is 0 Å². The number of halogens is 1. The lowest BCUT2D eigenvalue weighted by atomic mass is 9.98. The van der Waals surface area contributed by atoms with E-state index in [9.17, 15) is 0 Å². The molecule has 0 amide bonds. The average Bonchev–Trinajstić information content (AvgIpc) is 3.15. The molecule has 1 saturated heterocycles. The number of benzene rings is 1. The van der Waals surface area contributed by atoms with Crippen LogP contribution in [0.3, 0.4) is 0 Å². The quantitative estimate of drug-likeness (QED) is 0.730. The average molecular weight is 355 g/mol. The normalized spacial score (nSPS) is 23.6. The number of rotatable bonds is 5. The molecule has 1 aromatic rings. The van der Waals surface area contributed by atoms with Crippen molar-refractivity contribution < 1.29 is 14.2 Å². The Bertz CT molecular complexity index is 483. The number of hydrogen-bond acceptors (Lipinski definition) is 3. The molecule has 116 valence electrons. The minimum atomic E-state index is 0.179. The Morgan fingerprint density at radius 2 is 2.05 bits per heavy atom. The Balaban J connectivity index is 1.58. The van der Waals surface area contributed by atoms with E-state index in [4.69, 9.17) is 14.2 Å². The van der Waals surface area contributed by atoms with Crippen molar-refractivity contribution in [3.63, 3.8) is 0 Å². The van der Waals surface area contributed by atoms with Gasteiger partial charge in [-0.25, -0.2) is 0 Å². The van der Waals surface area contributed by atoms with Gasteiger partial charge in [0.15, 0.2) is 11.5 Å². The van der Waals surface area contributed by atoms with Crippen molar-refractivity contribution in [3.05, 3.63) is 23.8 Å². The first kappa shape index (κ1) is 15.2. The van der Waals surface area contributed by atoms with Crippen molar-refractivity contribution in [2.24, 2.45) is 0 Å². The predicted molar refractivity (Wildman–Crippen MR) is 86.4 cm³/mol. The van der Waals surface area contributed by atoms with E-state index >= 15 is 0 Å². The Kier molecular flexibility index (Phi) is 4.75. The molecule has 3 nitrogen and oxygen atoms in total. The van der Waals surface area contributed by atoms with Gasteiger partial charge in [0.2, 0.25) is 0 Å². The van der Waals surface area contributed by atoms with E-state index in [0.717, 1.165) is 23.2 Å². The van der Waals surface area contributed by atoms with E-state index in [2.05, 4.69) is 22.0 Å². The van der Waals surface area contributed by atoms with Crippen LogP contribution in [-0.4, -0.2) is 25.4 Å². The molecule has 0 N–H and O–H groups in total. The van der Waals surface area contributed by atoms with Crippen molar-refractivity contribution in [2.45, 2.75) is 55.6 Å². The van der Waals surface area contributed by atoms with Crippen LogP contribution >= 0.6 is 15.9 Å². The summed E-state index contributed by atoms with van der Waals surface area (Å²) in [6.45, 7) is 0.617. The highest BCUT2D eigenvalue weighted by atomic mass is 79.9. The number of ether oxygens (including phenoxy) is 3. The lowest BCUT2D eigenvalue weighted by Crippen LogP contribution is -2.27. The van der Waals surface area contributed by atoms with Crippen molar-refractivity contribution in [2.75, 3.05) is 13.7 Å². The van der Waals surface area contributed by atoms with Crippen LogP contribution in [-0.2, 0) is 10.1 Å². The van der Waals surface area contributed by atoms with Crippen LogP contribution in [0.5, 0.6) is 11.5 Å². The fourth-order valence-corrected chi connectivity index (χ4v) is 3.85. The van der Waals surface area contributed by atoms with E-state index in [1.54, 1.807) is 7.11 Å². The Labute approximate surface area is 135 Å². The fourth-order valence-electron chi connectivity index (χ4n) is 3.50. The highest BCUT2D eigenvalue weighted by Gasteiger charge is 2.42. The molecule has 1 unspecified atom stereocenters. The monoisotopic (exact) mass is 354 g/mol. The first-order chi connectivity index (χ1) is 10.2. The molecule has 1 heterocycles. The maximum absolute atomic E-state index is 6.28. The van der Waals surface area contributed by atoms with Gasteiger partial charge in [0.1, 0.15) is 6.61 Å². The van der Waals surface area contributed by atoms with Crippen molar-refractivity contribution in [1.29, 1.82) is 0 Å². The van der Waals surface area contributed by atoms with E-state index in [-0.39, 0.29) is 11.7 Å². The second-order valence-corrected chi connectivity index (χ2v) is 6.66. The zero-order valence-corrected chi connectivity index (χ0v) is 14.2. The van der Waals surface area contributed by atoms with Crippen LogP contribution in [0.25, 0.3) is 0 Å². The van der Waals surface area contributed by atoms with E-state index in [1.807, 2.05) is 12.1 Å². The van der Waals surface area contributed by atoms with Crippen LogP contribution in [0.4, 0.5) is 0 Å². The van der Waals surface area contributed by atoms with Crippen molar-refractivity contribution in [1.82, 2.24) is 0 Å². The number of methoxy groups -OCH3 is 1. The lowest BCUT2D eigenvalue weighted by Gasteiger charge is -2.24. The Hall–Kier alpha value is -0.740. The molecule has 1 atom stereocenters. The largest absolute Gasteiger partial charge is 0.493 e. The Morgan fingerprint density at radius 1 is 1.24 bits per heavy atom. The summed E-state index contributed by atoms with van der Waals surface area (Å²) < 4.78 is 17.6. The van der Waals surface area contributed by atoms with E-state index in [1.165, 1.54) is 37.7 Å². The molecule has 0 aromatic heterocycles. The maximum atomic E-state index is 6.28. The smallest absolute Gasteiger partial charge is 0.161 e. The first-order valence-electron chi connectivity index (χ1n) is 7.78. The summed E-state index contributed by atoms with van der Waals surface area (Å²) in [7, 11) is 1.68. The van der Waals surface area contributed by atoms with Gasteiger partial charge in [0, 0.05) is 5.33 Å². The highest BCUT2D eigenvalue weighted by molar-refractivity contribution is 9.08. The molecular formula is C17H23BrO3. The molecule has 1 aliphatic heterocycles. The third-order valence-electron chi connectivity index (χ3n) is 4.66. The van der Waals surface area contributed by atoms with Gasteiger partial charge in [0.05, 0.1) is 18.8 Å². The predicted octanol–water partition coefficient (Wildman–Crippen LogP) is 4.46. The van der Waals surface area contributed by atoms with Crippen LogP contribution in [0, 0.1) is 0 Å². The zero-order chi connectivity index (χ0) is 14.7. The second kappa shape index (κ2) is 6.57. The molecule has 0 bridgehead atoms. The van der Waals surface area contributed by atoms with Gasteiger partial charge in [-0.2, -0.15) is 0 Å². The van der Waals surface area contributed by atoms with Gasteiger partial charge < -0.3 is 14.2 Å². The Morgan fingerprint density at radius 3 is 2.76 bits per heavy atom. The molecule has 1 spiro atoms. The van der Waals surface area contributed by atoms with E-state index in [0.29, 0.717) is 6.61 Å². The summed E-state index contributed by atoms with van der Waals surface area (Å²) in [5.41, 5.74) is 1.36. The SMILES string of the molecule is COc1cc(CBr)ccc1OCC1CCC2(CCCC2)O1. The second-order valence-electron chi connectivity index (χ2n) is 6.10. The molecule has 21 heavy (non-hydrogen) atoms. The van der Waals surface area contributed by atoms with Gasteiger partial charge in [-0.3, -0.25) is 0 Å². The highest BCUT2D eigenvalue weighted by Crippen LogP contribution is 2.43. The standard InChI is InChI=1S/C17H23BrO3/c1-19-16-10-13(11-18)4-5-15(16)20-12-14-6-9-17(21-14)7-2-3-8-17/h4-5,10,14H,2-3,6-9,11-12H2,1H3. The lowest BCUT2D eigenvalue weighted by molar-refractivity contribution is -0.0510. The van der Waals surface area contributed by atoms with Crippen molar-refractivity contribution >= 4 is 15.9 Å². The summed E-state index contributed by atoms with van der Waals surface area (Å²) in [5, 5.41) is 0.817. The molecule has 0 radical (unpaired) electrons. The molecule has 1 saturated carbocycles. The minimum Gasteiger partial charge on any atom is -0.493 e. The van der Waals surface area contributed by atoms with Gasteiger partial charge in [-0.15, -0.1) is 0 Å². The van der Waals surface area contributed by atoms with Crippen LogP contribution < -0.4 is 9.47 Å². The van der Waals surface area contributed by atoms with Gasteiger partial charge >= 0.3 is 0 Å². The molecule has 1 aliphatic carbocycles. The molecular weight excluding hydrogens is 332 g/mol. The zero-order valence-electron chi connectivity index (χ0n) is 12.6. The third-order valence-corrected chi connectivity index (χ3v) is 5.31. The van der Waals surface area contributed by atoms with Crippen LogP contribution in [0.2, 0.25) is 0 Å². The maximum Gasteiger partial charge on any atom is 0.161 e. The summed E-state index contributed by atoms with van der Waals surface area (Å²) in [6, 6.07) is 6.05. The molecule has 4 heteroatoms. The molecule has 2 fully saturated rings. The molecule has 2 aliphatic rings. The van der Waals surface area contributed by atoms with Crippen LogP contribution in [0.15, 0.2) is 18.2 Å². The van der Waals surface area contributed by atoms with Gasteiger partial charge in [0.25, 0.3) is 0 Å². The summed E-state index contributed by atoms with van der Waals surface area (Å²) in [6.07, 6.45) is 7.62. The minimum absolute atomic E-state index is 0.179. The topological polar surface area (TPSA) is 27.7 Å².